The van der Waals surface area contributed by atoms with E-state index in [4.69, 9.17) is 10.2 Å². The van der Waals surface area contributed by atoms with Crippen LogP contribution in [-0.4, -0.2) is 34.7 Å². The van der Waals surface area contributed by atoms with Crippen LogP contribution >= 0.6 is 0 Å². The van der Waals surface area contributed by atoms with Crippen LogP contribution in [0, 0.1) is 19.7 Å². The van der Waals surface area contributed by atoms with Gasteiger partial charge in [0.2, 0.25) is 5.91 Å². The highest BCUT2D eigenvalue weighted by Crippen LogP contribution is 2.35. The number of hydrogen-bond donors (Lipinski definition) is 2. The predicted octanol–water partition coefficient (Wildman–Crippen LogP) is 2.07. The van der Waals surface area contributed by atoms with E-state index < -0.39 is 17.3 Å². The van der Waals surface area contributed by atoms with Crippen molar-refractivity contribution < 1.29 is 18.4 Å². The van der Waals surface area contributed by atoms with Gasteiger partial charge in [-0.05, 0) is 32.0 Å². The Morgan fingerprint density at radius 1 is 1.41 bits per heavy atom. The normalized spacial score (nSPS) is 19.8. The van der Waals surface area contributed by atoms with Gasteiger partial charge >= 0.3 is 0 Å². The molecule has 3 N–H and O–H groups in total. The van der Waals surface area contributed by atoms with Gasteiger partial charge in [0.05, 0.1) is 12.0 Å². The minimum absolute atomic E-state index is 0.0104. The van der Waals surface area contributed by atoms with Crippen molar-refractivity contribution in [3.05, 3.63) is 46.9 Å². The molecular weight excluding hydrogens is 353 g/mol. The Morgan fingerprint density at radius 3 is 2.70 bits per heavy atom. The zero-order valence-electron chi connectivity index (χ0n) is 15.5. The Bertz CT molecular complexity index is 968. The molecule has 9 heteroatoms. The molecule has 142 valence electrons. The van der Waals surface area contributed by atoms with Gasteiger partial charge in [-0.1, -0.05) is 0 Å². The lowest BCUT2D eigenvalue weighted by atomic mass is 9.87. The van der Waals surface area contributed by atoms with E-state index in [9.17, 15) is 14.0 Å². The molecule has 0 aliphatic carbocycles. The average molecular weight is 373 g/mol. The summed E-state index contributed by atoms with van der Waals surface area (Å²) in [6.07, 6.45) is -0.0416. The van der Waals surface area contributed by atoms with Crippen LogP contribution < -0.4 is 11.1 Å². The Balaban J connectivity index is 1.94. The highest BCUT2D eigenvalue weighted by Gasteiger charge is 2.38. The third-order valence-corrected chi connectivity index (χ3v) is 4.50. The Morgan fingerprint density at radius 2 is 2.11 bits per heavy atom. The van der Waals surface area contributed by atoms with E-state index in [2.05, 4.69) is 15.3 Å². The van der Waals surface area contributed by atoms with Crippen molar-refractivity contribution in [3.63, 3.8) is 0 Å². The molecule has 0 radical (unpaired) electrons. The zero-order chi connectivity index (χ0) is 19.9. The molecular formula is C18H20FN5O3. The molecule has 0 saturated carbocycles. The van der Waals surface area contributed by atoms with Crippen molar-refractivity contribution in [1.29, 1.82) is 0 Å². The maximum atomic E-state index is 14.5. The summed E-state index contributed by atoms with van der Waals surface area (Å²) in [4.78, 5) is 34.1. The number of rotatable bonds is 3. The van der Waals surface area contributed by atoms with Crippen molar-refractivity contribution in [2.75, 3.05) is 12.4 Å². The van der Waals surface area contributed by atoms with Crippen LogP contribution in [0.2, 0.25) is 0 Å². The summed E-state index contributed by atoms with van der Waals surface area (Å²) in [7, 11) is 1.51. The van der Waals surface area contributed by atoms with Gasteiger partial charge in [-0.25, -0.2) is 14.4 Å². The molecule has 1 unspecified atom stereocenters. The number of aliphatic imine (C=N–C) groups is 1. The number of anilines is 1. The average Bonchev–Trinajstić information content (AvgIpc) is 2.92. The summed E-state index contributed by atoms with van der Waals surface area (Å²) in [6.45, 7) is 4.90. The number of aromatic nitrogens is 1. The second kappa shape index (κ2) is 6.49. The number of carbonyl (C=O) groups is 2. The topological polar surface area (TPSA) is 114 Å². The van der Waals surface area contributed by atoms with Crippen molar-refractivity contribution >= 4 is 23.5 Å². The molecule has 1 atom stereocenters. The molecule has 0 fully saturated rings. The smallest absolute Gasteiger partial charge is 0.277 e. The molecule has 2 heterocycles. The number of amides is 2. The summed E-state index contributed by atoms with van der Waals surface area (Å²) in [5.41, 5.74) is 5.29. The van der Waals surface area contributed by atoms with Crippen LogP contribution in [0.25, 0.3) is 0 Å². The van der Waals surface area contributed by atoms with Crippen LogP contribution in [-0.2, 0) is 10.3 Å². The highest BCUT2D eigenvalue weighted by atomic mass is 19.1. The van der Waals surface area contributed by atoms with E-state index in [-0.39, 0.29) is 29.5 Å². The number of guanidine groups is 1. The first-order valence-corrected chi connectivity index (χ1v) is 8.28. The van der Waals surface area contributed by atoms with Gasteiger partial charge in [0.1, 0.15) is 11.6 Å². The monoisotopic (exact) mass is 373 g/mol. The summed E-state index contributed by atoms with van der Waals surface area (Å²) in [5.74, 6) is -0.520. The van der Waals surface area contributed by atoms with Gasteiger partial charge in [-0.3, -0.25) is 14.5 Å². The van der Waals surface area contributed by atoms with E-state index in [1.54, 1.807) is 20.8 Å². The van der Waals surface area contributed by atoms with Crippen molar-refractivity contribution in [2.24, 2.45) is 10.7 Å². The fourth-order valence-electron chi connectivity index (χ4n) is 3.01. The van der Waals surface area contributed by atoms with Crippen molar-refractivity contribution in [3.8, 4) is 0 Å². The standard InChI is InChI=1S/C18H20FN5O3/c1-9-15(21-10(2)27-9)16(26)22-11-5-6-13(19)12(7-11)18(3)8-14(25)24(4)17(20)23-18/h5-7H,8H2,1-4H3,(H2,20,23)(H,22,26). The molecule has 2 amide bonds. The molecule has 1 aliphatic heterocycles. The van der Waals surface area contributed by atoms with Gasteiger partial charge in [-0.15, -0.1) is 0 Å². The van der Waals surface area contributed by atoms with Gasteiger partial charge in [0, 0.05) is 25.2 Å². The van der Waals surface area contributed by atoms with Gasteiger partial charge in [-0.2, -0.15) is 0 Å². The van der Waals surface area contributed by atoms with Crippen LogP contribution in [0.5, 0.6) is 0 Å². The van der Waals surface area contributed by atoms with E-state index >= 15 is 0 Å². The van der Waals surface area contributed by atoms with Crippen molar-refractivity contribution in [2.45, 2.75) is 32.7 Å². The molecule has 0 bridgehead atoms. The van der Waals surface area contributed by atoms with Crippen molar-refractivity contribution in [1.82, 2.24) is 9.88 Å². The number of hydrogen-bond acceptors (Lipinski definition) is 6. The van der Waals surface area contributed by atoms with Gasteiger partial charge in [0.15, 0.2) is 17.5 Å². The number of nitrogens with two attached hydrogens (primary N) is 1. The summed E-state index contributed by atoms with van der Waals surface area (Å²) < 4.78 is 19.8. The van der Waals surface area contributed by atoms with E-state index in [1.807, 2.05) is 0 Å². The lowest BCUT2D eigenvalue weighted by molar-refractivity contribution is -0.128. The predicted molar refractivity (Wildman–Crippen MR) is 96.7 cm³/mol. The number of halogens is 1. The fraction of sp³-hybridized carbons (Fsp3) is 0.333. The van der Waals surface area contributed by atoms with E-state index in [0.29, 0.717) is 17.3 Å². The largest absolute Gasteiger partial charge is 0.445 e. The summed E-state index contributed by atoms with van der Waals surface area (Å²) in [6, 6.07) is 4.09. The molecule has 1 aromatic heterocycles. The molecule has 8 nitrogen and oxygen atoms in total. The fourth-order valence-corrected chi connectivity index (χ4v) is 3.01. The van der Waals surface area contributed by atoms with E-state index in [1.165, 1.54) is 30.1 Å². The SMILES string of the molecule is Cc1nc(C(=O)Nc2ccc(F)c(C3(C)CC(=O)N(C)C(N)=N3)c2)c(C)o1. The number of oxazole rings is 1. The minimum atomic E-state index is -1.17. The third kappa shape index (κ3) is 3.40. The van der Waals surface area contributed by atoms with E-state index in [0.717, 1.165) is 0 Å². The minimum Gasteiger partial charge on any atom is -0.445 e. The highest BCUT2D eigenvalue weighted by molar-refractivity contribution is 6.03. The Labute approximate surface area is 155 Å². The summed E-state index contributed by atoms with van der Waals surface area (Å²) >= 11 is 0. The molecule has 0 spiro atoms. The van der Waals surface area contributed by atoms with Crippen LogP contribution in [0.15, 0.2) is 27.6 Å². The molecule has 3 rings (SSSR count). The first-order valence-electron chi connectivity index (χ1n) is 8.28. The maximum absolute atomic E-state index is 14.5. The molecule has 1 aliphatic rings. The third-order valence-electron chi connectivity index (χ3n) is 4.50. The molecule has 2 aromatic rings. The number of carbonyl (C=O) groups excluding carboxylic acids is 2. The number of nitrogens with one attached hydrogen (secondary N) is 1. The van der Waals surface area contributed by atoms with Crippen LogP contribution in [0.3, 0.4) is 0 Å². The first-order chi connectivity index (χ1) is 12.6. The maximum Gasteiger partial charge on any atom is 0.277 e. The van der Waals surface area contributed by atoms with Crippen LogP contribution in [0.4, 0.5) is 10.1 Å². The quantitative estimate of drug-likeness (QED) is 0.855. The van der Waals surface area contributed by atoms with Gasteiger partial charge in [0.25, 0.3) is 5.91 Å². The summed E-state index contributed by atoms with van der Waals surface area (Å²) in [5, 5.41) is 2.66. The lowest BCUT2D eigenvalue weighted by Gasteiger charge is -2.34. The lowest BCUT2D eigenvalue weighted by Crippen LogP contribution is -2.47. The number of benzene rings is 1. The number of nitrogens with zero attached hydrogens (tertiary/aromatic N) is 3. The second-order valence-electron chi connectivity index (χ2n) is 6.66. The molecule has 1 aromatic carbocycles. The second-order valence-corrected chi connectivity index (χ2v) is 6.66. The van der Waals surface area contributed by atoms with Crippen LogP contribution in [0.1, 0.15) is 41.0 Å². The Hall–Kier alpha value is -3.23. The number of aryl methyl sites for hydroxylation is 2. The molecule has 0 saturated heterocycles. The van der Waals surface area contributed by atoms with Gasteiger partial charge < -0.3 is 15.5 Å². The first kappa shape index (κ1) is 18.6. The zero-order valence-corrected chi connectivity index (χ0v) is 15.5. The molecule has 27 heavy (non-hydrogen) atoms. The Kier molecular flexibility index (Phi) is 4.46.